The fourth-order valence-corrected chi connectivity index (χ4v) is 4.24. The lowest BCUT2D eigenvalue weighted by Gasteiger charge is -2.38. The SMILES string of the molecule is O=C(CN1CCN(C(=O)N2CCOCC2)CC1)Nc1ccccc1S(=O)(=O)C(F)F. The molecule has 1 N–H and O–H groups in total. The lowest BCUT2D eigenvalue weighted by molar-refractivity contribution is -0.117. The Labute approximate surface area is 173 Å². The zero-order valence-corrected chi connectivity index (χ0v) is 17.1. The number of ether oxygens (including phenoxy) is 1. The number of benzene rings is 1. The van der Waals surface area contributed by atoms with Gasteiger partial charge in [0.25, 0.3) is 0 Å². The largest absolute Gasteiger partial charge is 0.378 e. The number of para-hydroxylation sites is 1. The number of piperazine rings is 1. The molecule has 9 nitrogen and oxygen atoms in total. The van der Waals surface area contributed by atoms with Crippen molar-refractivity contribution >= 4 is 27.5 Å². The highest BCUT2D eigenvalue weighted by molar-refractivity contribution is 7.91. The molecular formula is C18H24F2N4O5S. The molecule has 3 amide bonds. The van der Waals surface area contributed by atoms with Crippen molar-refractivity contribution in [2.75, 3.05) is 64.3 Å². The number of morpholine rings is 1. The number of rotatable bonds is 5. The summed E-state index contributed by atoms with van der Waals surface area (Å²) in [4.78, 5) is 29.5. The van der Waals surface area contributed by atoms with Crippen LogP contribution in [0.3, 0.4) is 0 Å². The highest BCUT2D eigenvalue weighted by Gasteiger charge is 2.30. The van der Waals surface area contributed by atoms with E-state index in [9.17, 15) is 26.8 Å². The molecule has 0 aromatic heterocycles. The number of alkyl halides is 2. The van der Waals surface area contributed by atoms with E-state index in [0.29, 0.717) is 52.5 Å². The van der Waals surface area contributed by atoms with Gasteiger partial charge in [0.15, 0.2) is 0 Å². The standard InChI is InChI=1S/C18H24F2N4O5S/c19-17(20)30(27,28)15-4-2-1-3-14(15)21-16(25)13-22-5-7-23(8-6-22)18(26)24-9-11-29-12-10-24/h1-4,17H,5-13H2,(H,21,25). The average molecular weight is 446 g/mol. The topological polar surface area (TPSA) is 99.3 Å². The van der Waals surface area contributed by atoms with Crippen LogP contribution >= 0.6 is 0 Å². The molecule has 0 bridgehead atoms. The first-order chi connectivity index (χ1) is 14.3. The van der Waals surface area contributed by atoms with E-state index in [-0.39, 0.29) is 18.3 Å². The average Bonchev–Trinajstić information content (AvgIpc) is 2.74. The van der Waals surface area contributed by atoms with Gasteiger partial charge in [-0.3, -0.25) is 9.69 Å². The van der Waals surface area contributed by atoms with Gasteiger partial charge in [0.1, 0.15) is 0 Å². The van der Waals surface area contributed by atoms with Gasteiger partial charge in [-0.25, -0.2) is 13.2 Å². The molecule has 1 aromatic rings. The number of hydrogen-bond acceptors (Lipinski definition) is 6. The number of carbonyl (C=O) groups is 2. The Morgan fingerprint density at radius 2 is 1.60 bits per heavy atom. The fourth-order valence-electron chi connectivity index (χ4n) is 3.36. The minimum absolute atomic E-state index is 0.0390. The van der Waals surface area contributed by atoms with Gasteiger partial charge in [-0.15, -0.1) is 0 Å². The third-order valence-corrected chi connectivity index (χ3v) is 6.43. The summed E-state index contributed by atoms with van der Waals surface area (Å²) in [5.41, 5.74) is -0.177. The molecule has 0 unspecified atom stereocenters. The number of urea groups is 1. The number of sulfone groups is 1. The number of hydrogen-bond donors (Lipinski definition) is 1. The van der Waals surface area contributed by atoms with Crippen LogP contribution in [0.5, 0.6) is 0 Å². The molecule has 0 radical (unpaired) electrons. The van der Waals surface area contributed by atoms with Gasteiger partial charge in [-0.1, -0.05) is 12.1 Å². The minimum Gasteiger partial charge on any atom is -0.378 e. The van der Waals surface area contributed by atoms with E-state index in [1.165, 1.54) is 18.2 Å². The van der Waals surface area contributed by atoms with Gasteiger partial charge < -0.3 is 19.9 Å². The van der Waals surface area contributed by atoms with Gasteiger partial charge in [-0.2, -0.15) is 8.78 Å². The van der Waals surface area contributed by atoms with Crippen molar-refractivity contribution in [1.29, 1.82) is 0 Å². The van der Waals surface area contributed by atoms with E-state index in [0.717, 1.165) is 6.07 Å². The molecule has 30 heavy (non-hydrogen) atoms. The Kier molecular flexibility index (Phi) is 7.21. The van der Waals surface area contributed by atoms with Gasteiger partial charge in [0, 0.05) is 39.3 Å². The van der Waals surface area contributed by atoms with Crippen molar-refractivity contribution < 1.29 is 31.5 Å². The smallest absolute Gasteiger partial charge is 0.341 e. The van der Waals surface area contributed by atoms with Crippen LogP contribution < -0.4 is 5.32 Å². The van der Waals surface area contributed by atoms with E-state index in [4.69, 9.17) is 4.74 Å². The number of nitrogens with zero attached hydrogens (tertiary/aromatic N) is 3. The summed E-state index contributed by atoms with van der Waals surface area (Å²) in [5, 5.41) is 2.41. The number of carbonyl (C=O) groups excluding carboxylic acids is 2. The molecule has 2 heterocycles. The Morgan fingerprint density at radius 3 is 2.23 bits per heavy atom. The van der Waals surface area contributed by atoms with Crippen LogP contribution in [0.2, 0.25) is 0 Å². The molecule has 0 saturated carbocycles. The molecule has 0 atom stereocenters. The highest BCUT2D eigenvalue weighted by atomic mass is 32.2. The first-order valence-electron chi connectivity index (χ1n) is 9.54. The predicted octanol–water partition coefficient (Wildman–Crippen LogP) is 0.691. The molecule has 0 aliphatic carbocycles. The van der Waals surface area contributed by atoms with E-state index < -0.39 is 26.4 Å². The summed E-state index contributed by atoms with van der Waals surface area (Å²) in [6, 6.07) is 5.03. The third kappa shape index (κ3) is 5.24. The Morgan fingerprint density at radius 1 is 1.00 bits per heavy atom. The first-order valence-corrected chi connectivity index (χ1v) is 11.1. The maximum Gasteiger partial charge on any atom is 0.341 e. The predicted molar refractivity (Wildman–Crippen MR) is 104 cm³/mol. The van der Waals surface area contributed by atoms with Gasteiger partial charge in [0.2, 0.25) is 15.7 Å². The van der Waals surface area contributed by atoms with Crippen LogP contribution in [-0.4, -0.2) is 99.8 Å². The lowest BCUT2D eigenvalue weighted by atomic mass is 10.3. The quantitative estimate of drug-likeness (QED) is 0.715. The van der Waals surface area contributed by atoms with Gasteiger partial charge in [-0.05, 0) is 12.1 Å². The molecule has 0 spiro atoms. The summed E-state index contributed by atoms with van der Waals surface area (Å²) < 4.78 is 54.6. The van der Waals surface area contributed by atoms with Crippen LogP contribution in [0, 0.1) is 0 Å². The van der Waals surface area contributed by atoms with E-state index >= 15 is 0 Å². The number of anilines is 1. The van der Waals surface area contributed by atoms with Crippen LogP contribution in [-0.2, 0) is 19.4 Å². The highest BCUT2D eigenvalue weighted by Crippen LogP contribution is 2.26. The fraction of sp³-hybridized carbons (Fsp3) is 0.556. The summed E-state index contributed by atoms with van der Waals surface area (Å²) >= 11 is 0. The Hall–Kier alpha value is -2.31. The molecule has 1 aromatic carbocycles. The monoisotopic (exact) mass is 446 g/mol. The molecule has 166 valence electrons. The molecule has 2 fully saturated rings. The Bertz CT molecular complexity index is 869. The van der Waals surface area contributed by atoms with Crippen LogP contribution in [0.25, 0.3) is 0 Å². The second kappa shape index (κ2) is 9.67. The lowest BCUT2D eigenvalue weighted by Crippen LogP contribution is -2.55. The molecule has 2 aliphatic rings. The molecule has 12 heteroatoms. The van der Waals surface area contributed by atoms with Crippen LogP contribution in [0.15, 0.2) is 29.2 Å². The molecule has 2 saturated heterocycles. The first kappa shape index (κ1) is 22.4. The number of amides is 3. The van der Waals surface area contributed by atoms with E-state index in [1.54, 1.807) is 9.80 Å². The summed E-state index contributed by atoms with van der Waals surface area (Å²) in [6.45, 7) is 3.98. The number of nitrogens with one attached hydrogen (secondary N) is 1. The molecule has 2 aliphatic heterocycles. The van der Waals surface area contributed by atoms with E-state index in [1.807, 2.05) is 4.90 Å². The van der Waals surface area contributed by atoms with E-state index in [2.05, 4.69) is 5.32 Å². The summed E-state index contributed by atoms with van der Waals surface area (Å²) in [7, 11) is -4.83. The van der Waals surface area contributed by atoms with Crippen molar-refractivity contribution in [1.82, 2.24) is 14.7 Å². The van der Waals surface area contributed by atoms with Crippen molar-refractivity contribution in [2.45, 2.75) is 10.7 Å². The van der Waals surface area contributed by atoms with Crippen molar-refractivity contribution in [3.8, 4) is 0 Å². The van der Waals surface area contributed by atoms with Crippen molar-refractivity contribution in [3.05, 3.63) is 24.3 Å². The maximum absolute atomic E-state index is 12.9. The van der Waals surface area contributed by atoms with Crippen molar-refractivity contribution in [3.63, 3.8) is 0 Å². The van der Waals surface area contributed by atoms with Gasteiger partial charge in [0.05, 0.1) is 30.3 Å². The second-order valence-corrected chi connectivity index (χ2v) is 8.88. The molecular weight excluding hydrogens is 422 g/mol. The van der Waals surface area contributed by atoms with Crippen LogP contribution in [0.4, 0.5) is 19.3 Å². The van der Waals surface area contributed by atoms with Crippen LogP contribution in [0.1, 0.15) is 0 Å². The summed E-state index contributed by atoms with van der Waals surface area (Å²) in [6.07, 6.45) is 0. The zero-order valence-electron chi connectivity index (χ0n) is 16.3. The minimum atomic E-state index is -4.83. The maximum atomic E-state index is 12.9. The number of halogens is 2. The summed E-state index contributed by atoms with van der Waals surface area (Å²) in [5.74, 6) is -4.09. The second-order valence-electron chi connectivity index (χ2n) is 7.00. The molecule has 3 rings (SSSR count). The normalized spacial score (nSPS) is 18.5. The Balaban J connectivity index is 1.53. The van der Waals surface area contributed by atoms with Crippen molar-refractivity contribution in [2.24, 2.45) is 0 Å². The third-order valence-electron chi connectivity index (χ3n) is 4.99. The van der Waals surface area contributed by atoms with Gasteiger partial charge >= 0.3 is 11.8 Å². The zero-order chi connectivity index (χ0) is 21.7.